The Morgan fingerprint density at radius 2 is 2.05 bits per heavy atom. The zero-order valence-electron chi connectivity index (χ0n) is 12.6. The van der Waals surface area contributed by atoms with E-state index in [-0.39, 0.29) is 12.5 Å². The Kier molecular flexibility index (Phi) is 4.51. The number of likely N-dealkylation sites (tertiary alicyclic amines) is 2. The first-order chi connectivity index (χ1) is 10.3. The van der Waals surface area contributed by atoms with Crippen molar-refractivity contribution in [2.24, 2.45) is 11.8 Å². The number of hydrogen-bond acceptors (Lipinski definition) is 4. The van der Waals surface area contributed by atoms with Crippen LogP contribution in [0.2, 0.25) is 0 Å². The van der Waals surface area contributed by atoms with Crippen LogP contribution in [0.25, 0.3) is 0 Å². The number of carbonyl (C=O) groups excluding carboxylic acids is 1. The lowest BCUT2D eigenvalue weighted by Crippen LogP contribution is -2.35. The van der Waals surface area contributed by atoms with Gasteiger partial charge in [0.25, 0.3) is 0 Å². The molecule has 0 aliphatic carbocycles. The lowest BCUT2D eigenvalue weighted by molar-refractivity contribution is -0.135. The van der Waals surface area contributed by atoms with Crippen molar-refractivity contribution in [3.05, 3.63) is 30.1 Å². The highest BCUT2D eigenvalue weighted by atomic mass is 16.5. The molecular formula is C16H23N3O2. The molecule has 0 spiro atoms. The summed E-state index contributed by atoms with van der Waals surface area (Å²) in [7, 11) is 0. The third kappa shape index (κ3) is 3.41. The fraction of sp³-hybridized carbons (Fsp3) is 0.625. The van der Waals surface area contributed by atoms with E-state index in [1.165, 1.54) is 0 Å². The van der Waals surface area contributed by atoms with E-state index >= 15 is 0 Å². The Hall–Kier alpha value is -1.46. The van der Waals surface area contributed by atoms with Crippen molar-refractivity contribution < 1.29 is 9.53 Å². The molecule has 0 aromatic carbocycles. The second-order valence-corrected chi connectivity index (χ2v) is 5.97. The van der Waals surface area contributed by atoms with E-state index in [9.17, 15) is 4.79 Å². The van der Waals surface area contributed by atoms with Crippen molar-refractivity contribution in [1.82, 2.24) is 14.8 Å². The maximum absolute atomic E-state index is 12.0. The van der Waals surface area contributed by atoms with Gasteiger partial charge >= 0.3 is 0 Å². The molecule has 0 bridgehead atoms. The molecule has 1 aromatic rings. The zero-order chi connectivity index (χ0) is 14.7. The minimum absolute atomic E-state index is 0.141. The summed E-state index contributed by atoms with van der Waals surface area (Å²) < 4.78 is 5.22. The van der Waals surface area contributed by atoms with Crippen LogP contribution in [0.1, 0.15) is 12.6 Å². The molecule has 2 fully saturated rings. The number of carbonyl (C=O) groups is 1. The number of pyridine rings is 1. The summed E-state index contributed by atoms with van der Waals surface area (Å²) in [6.45, 7) is 7.57. The van der Waals surface area contributed by atoms with Gasteiger partial charge in [0.05, 0.1) is 5.69 Å². The van der Waals surface area contributed by atoms with E-state index in [0.29, 0.717) is 18.4 Å². The first kappa shape index (κ1) is 14.5. The molecule has 0 unspecified atom stereocenters. The summed E-state index contributed by atoms with van der Waals surface area (Å²) in [5.74, 6) is 1.36. The van der Waals surface area contributed by atoms with Crippen LogP contribution in [0.5, 0.6) is 0 Å². The van der Waals surface area contributed by atoms with Gasteiger partial charge in [0.15, 0.2) is 0 Å². The van der Waals surface area contributed by atoms with Crippen LogP contribution in [0.4, 0.5) is 0 Å². The highest BCUT2D eigenvalue weighted by Crippen LogP contribution is 2.31. The van der Waals surface area contributed by atoms with Crippen molar-refractivity contribution in [3.63, 3.8) is 0 Å². The van der Waals surface area contributed by atoms with E-state index in [1.54, 1.807) is 0 Å². The first-order valence-electron chi connectivity index (χ1n) is 7.74. The number of rotatable bonds is 5. The molecule has 2 saturated heterocycles. The highest BCUT2D eigenvalue weighted by Gasteiger charge is 2.41. The smallest absolute Gasteiger partial charge is 0.248 e. The highest BCUT2D eigenvalue weighted by molar-refractivity contribution is 5.77. The zero-order valence-corrected chi connectivity index (χ0v) is 12.6. The number of fused-ring (bicyclic) bond motifs is 1. The van der Waals surface area contributed by atoms with Gasteiger partial charge in [0.2, 0.25) is 5.91 Å². The minimum atomic E-state index is 0.141. The molecule has 0 saturated carbocycles. The summed E-state index contributed by atoms with van der Waals surface area (Å²) in [6, 6.07) is 6.06. The maximum Gasteiger partial charge on any atom is 0.248 e. The van der Waals surface area contributed by atoms with E-state index in [4.69, 9.17) is 4.74 Å². The third-order valence-corrected chi connectivity index (χ3v) is 4.46. The van der Waals surface area contributed by atoms with Crippen molar-refractivity contribution in [2.45, 2.75) is 13.5 Å². The van der Waals surface area contributed by atoms with E-state index in [1.807, 2.05) is 30.2 Å². The second kappa shape index (κ2) is 6.54. The number of ether oxygens (including phenoxy) is 1. The standard InChI is InChI=1S/C16H23N3O2/c1-2-21-12-16(20)19-9-13-7-18(8-14(13)10-19)11-15-5-3-4-6-17-15/h3-6,13-14H,2,7-12H2,1H3/t13-,14+. The Balaban J connectivity index is 1.49. The van der Waals surface area contributed by atoms with Gasteiger partial charge in [-0.3, -0.25) is 14.7 Å². The number of aromatic nitrogens is 1. The fourth-order valence-corrected chi connectivity index (χ4v) is 3.42. The van der Waals surface area contributed by atoms with Gasteiger partial charge in [-0.15, -0.1) is 0 Å². The Bertz CT molecular complexity index is 466. The van der Waals surface area contributed by atoms with Gasteiger partial charge in [0, 0.05) is 45.5 Å². The van der Waals surface area contributed by atoms with Crippen LogP contribution in [0.15, 0.2) is 24.4 Å². The maximum atomic E-state index is 12.0. The van der Waals surface area contributed by atoms with Crippen LogP contribution >= 0.6 is 0 Å². The monoisotopic (exact) mass is 289 g/mol. The molecule has 1 amide bonds. The van der Waals surface area contributed by atoms with Gasteiger partial charge in [-0.05, 0) is 30.9 Å². The molecule has 0 radical (unpaired) electrons. The average Bonchev–Trinajstić information content (AvgIpc) is 3.04. The van der Waals surface area contributed by atoms with Crippen LogP contribution in [-0.4, -0.2) is 60.1 Å². The van der Waals surface area contributed by atoms with Gasteiger partial charge in [0.1, 0.15) is 6.61 Å². The van der Waals surface area contributed by atoms with Crippen molar-refractivity contribution in [1.29, 1.82) is 0 Å². The molecular weight excluding hydrogens is 266 g/mol. The van der Waals surface area contributed by atoms with Gasteiger partial charge in [-0.25, -0.2) is 0 Å². The van der Waals surface area contributed by atoms with E-state index < -0.39 is 0 Å². The minimum Gasteiger partial charge on any atom is -0.372 e. The molecule has 114 valence electrons. The Morgan fingerprint density at radius 3 is 2.67 bits per heavy atom. The van der Waals surface area contributed by atoms with Crippen LogP contribution in [0, 0.1) is 11.8 Å². The van der Waals surface area contributed by atoms with Crippen LogP contribution in [0.3, 0.4) is 0 Å². The molecule has 2 atom stereocenters. The second-order valence-electron chi connectivity index (χ2n) is 5.97. The summed E-state index contributed by atoms with van der Waals surface area (Å²) in [6.07, 6.45) is 1.85. The molecule has 2 aliphatic rings. The normalized spacial score (nSPS) is 25.3. The SMILES string of the molecule is CCOCC(=O)N1C[C@H]2CN(Cc3ccccn3)C[C@H]2C1. The van der Waals surface area contributed by atoms with Gasteiger partial charge in [-0.1, -0.05) is 6.07 Å². The summed E-state index contributed by atoms with van der Waals surface area (Å²) in [5.41, 5.74) is 1.13. The van der Waals surface area contributed by atoms with Gasteiger partial charge in [-0.2, -0.15) is 0 Å². The van der Waals surface area contributed by atoms with Crippen molar-refractivity contribution in [3.8, 4) is 0 Å². The van der Waals surface area contributed by atoms with Gasteiger partial charge < -0.3 is 9.64 Å². The third-order valence-electron chi connectivity index (χ3n) is 4.46. The summed E-state index contributed by atoms with van der Waals surface area (Å²) >= 11 is 0. The first-order valence-corrected chi connectivity index (χ1v) is 7.74. The van der Waals surface area contributed by atoms with Crippen LogP contribution < -0.4 is 0 Å². The van der Waals surface area contributed by atoms with Crippen molar-refractivity contribution >= 4 is 5.91 Å². The molecule has 3 rings (SSSR count). The predicted molar refractivity (Wildman–Crippen MR) is 79.6 cm³/mol. The Labute approximate surface area is 125 Å². The molecule has 1 aromatic heterocycles. The fourth-order valence-electron chi connectivity index (χ4n) is 3.42. The average molecular weight is 289 g/mol. The van der Waals surface area contributed by atoms with E-state index in [2.05, 4.69) is 16.0 Å². The topological polar surface area (TPSA) is 45.7 Å². The molecule has 3 heterocycles. The lowest BCUT2D eigenvalue weighted by atomic mass is 10.0. The largest absolute Gasteiger partial charge is 0.372 e. The Morgan fingerprint density at radius 1 is 1.29 bits per heavy atom. The molecule has 5 heteroatoms. The quantitative estimate of drug-likeness (QED) is 0.811. The number of amides is 1. The van der Waals surface area contributed by atoms with Crippen LogP contribution in [-0.2, 0) is 16.1 Å². The lowest BCUT2D eigenvalue weighted by Gasteiger charge is -2.21. The number of hydrogen-bond donors (Lipinski definition) is 0. The molecule has 21 heavy (non-hydrogen) atoms. The molecule has 2 aliphatic heterocycles. The van der Waals surface area contributed by atoms with Crippen molar-refractivity contribution in [2.75, 3.05) is 39.4 Å². The summed E-state index contributed by atoms with van der Waals surface area (Å²) in [5, 5.41) is 0. The predicted octanol–water partition coefficient (Wildman–Crippen LogP) is 1.01. The molecule has 5 nitrogen and oxygen atoms in total. The van der Waals surface area contributed by atoms with E-state index in [0.717, 1.165) is 38.4 Å². The summed E-state index contributed by atoms with van der Waals surface area (Å²) in [4.78, 5) is 20.8. The molecule has 0 N–H and O–H groups in total. The number of nitrogens with zero attached hydrogens (tertiary/aromatic N) is 3.